The molecule has 5 rings (SSSR count). The number of rotatable bonds is 15. The molecule has 4 aliphatic carbocycles. The first-order valence-electron chi connectivity index (χ1n) is 18.6. The fraction of sp³-hybridized carbons (Fsp3) is 0.615. The van der Waals surface area contributed by atoms with Gasteiger partial charge in [-0.05, 0) is 74.1 Å². The minimum atomic E-state index is -1.75. The Labute approximate surface area is 323 Å². The minimum Gasteiger partial charge on any atom is -0.465 e. The molecule has 16 heteroatoms. The molecule has 0 radical (unpaired) electrons. The molecular formula is C39H49ClN2O13. The summed E-state index contributed by atoms with van der Waals surface area (Å²) in [5, 5.41) is 21.3. The third-order valence-electron chi connectivity index (χ3n) is 12.3. The maximum absolute atomic E-state index is 14.4. The number of esters is 2. The van der Waals surface area contributed by atoms with Gasteiger partial charge in [0, 0.05) is 29.6 Å². The number of carbonyl (C=O) groups excluding carboxylic acids is 5. The van der Waals surface area contributed by atoms with Crippen LogP contribution >= 0.6 is 11.6 Å². The Morgan fingerprint density at radius 3 is 2.45 bits per heavy atom. The zero-order chi connectivity index (χ0) is 40.3. The summed E-state index contributed by atoms with van der Waals surface area (Å²) in [7, 11) is 0. The summed E-state index contributed by atoms with van der Waals surface area (Å²) >= 11 is 7.56. The molecule has 2 saturated carbocycles. The van der Waals surface area contributed by atoms with Crippen LogP contribution in [-0.2, 0) is 44.6 Å². The number of hydrogen-bond acceptors (Lipinski definition) is 14. The number of nitrogens with two attached hydrogens (primary N) is 1. The van der Waals surface area contributed by atoms with Crippen molar-refractivity contribution in [2.75, 3.05) is 19.8 Å². The van der Waals surface area contributed by atoms with E-state index < -0.39 is 74.9 Å². The Balaban J connectivity index is 1.23. The average Bonchev–Trinajstić information content (AvgIpc) is 3.35. The van der Waals surface area contributed by atoms with Crippen molar-refractivity contribution in [2.45, 2.75) is 102 Å². The summed E-state index contributed by atoms with van der Waals surface area (Å²) < 4.78 is 21.9. The van der Waals surface area contributed by atoms with Gasteiger partial charge in [-0.15, -0.1) is 21.7 Å². The van der Waals surface area contributed by atoms with Gasteiger partial charge in [0.05, 0.1) is 24.2 Å². The van der Waals surface area contributed by atoms with Crippen molar-refractivity contribution in [1.29, 1.82) is 0 Å². The smallest absolute Gasteiger partial charge is 0.465 e. The molecule has 9 atom stereocenters. The summed E-state index contributed by atoms with van der Waals surface area (Å²) in [5.74, 6) is -2.98. The topological polar surface area (TPSA) is 221 Å². The molecule has 0 bridgehead atoms. The molecule has 1 aromatic carbocycles. The predicted molar refractivity (Wildman–Crippen MR) is 195 cm³/mol. The number of unbranched alkanes of at least 4 members (excludes halogenated alkanes) is 1. The van der Waals surface area contributed by atoms with Crippen LogP contribution in [0.2, 0.25) is 0 Å². The van der Waals surface area contributed by atoms with Crippen molar-refractivity contribution in [1.82, 2.24) is 0 Å². The van der Waals surface area contributed by atoms with Crippen LogP contribution in [0.3, 0.4) is 0 Å². The number of halogens is 1. The highest BCUT2D eigenvalue weighted by atomic mass is 35.5. The number of aliphatic hydroxyl groups is 1. The van der Waals surface area contributed by atoms with E-state index in [9.17, 15) is 39.2 Å². The quantitative estimate of drug-likeness (QED) is 0.0358. The summed E-state index contributed by atoms with van der Waals surface area (Å²) in [4.78, 5) is 78.1. The lowest BCUT2D eigenvalue weighted by Crippen LogP contribution is -2.69. The molecule has 0 spiro atoms. The fourth-order valence-corrected chi connectivity index (χ4v) is 10.1. The lowest BCUT2D eigenvalue weighted by molar-refractivity contribution is -0.757. The second kappa shape index (κ2) is 16.4. The Morgan fingerprint density at radius 2 is 1.78 bits per heavy atom. The molecule has 1 aromatic rings. The van der Waals surface area contributed by atoms with E-state index in [0.29, 0.717) is 31.2 Å². The number of carbonyl (C=O) groups is 5. The number of benzene rings is 1. The molecule has 300 valence electrons. The molecule has 4 aliphatic rings. The SMILES string of the molecule is CCC(=O)O[C@]1(C(=O)COC(=O)Oc2ccc(CC(N)C(=O)OCCCCO[N+](=O)[O-])cc2)[C@@H](C)C[C@H]2[C@@H]3CC=C4CC(=O)C=C[C@]4(C)[C@@]3(Cl)[C@@H](O)C[C@@]21C. The molecule has 0 aliphatic heterocycles. The van der Waals surface area contributed by atoms with Gasteiger partial charge in [0.15, 0.2) is 18.0 Å². The molecule has 0 aromatic heterocycles. The van der Waals surface area contributed by atoms with E-state index in [1.165, 1.54) is 18.2 Å². The molecule has 1 unspecified atom stereocenters. The number of Topliss-reactive ketones (excluding diaryl/α,β-unsaturated/α-hetero) is 1. The van der Waals surface area contributed by atoms with Gasteiger partial charge in [-0.2, -0.15) is 0 Å². The maximum atomic E-state index is 14.4. The summed E-state index contributed by atoms with van der Waals surface area (Å²) in [6.45, 7) is 6.38. The van der Waals surface area contributed by atoms with E-state index in [-0.39, 0.29) is 62.3 Å². The van der Waals surface area contributed by atoms with Gasteiger partial charge in [0.2, 0.25) is 5.78 Å². The van der Waals surface area contributed by atoms with Gasteiger partial charge < -0.3 is 34.6 Å². The van der Waals surface area contributed by atoms with Crippen molar-refractivity contribution >= 4 is 41.3 Å². The number of nitrogens with zero attached hydrogens (tertiary/aromatic N) is 1. The van der Waals surface area contributed by atoms with Crippen molar-refractivity contribution in [2.24, 2.45) is 34.3 Å². The molecule has 0 saturated heterocycles. The normalized spacial score (nSPS) is 32.5. The van der Waals surface area contributed by atoms with Gasteiger partial charge in [-0.1, -0.05) is 57.6 Å². The van der Waals surface area contributed by atoms with Crippen molar-refractivity contribution in [3.8, 4) is 5.75 Å². The Hall–Kier alpha value is -4.34. The Morgan fingerprint density at radius 1 is 1.09 bits per heavy atom. The lowest BCUT2D eigenvalue weighted by atomic mass is 9.46. The highest BCUT2D eigenvalue weighted by Crippen LogP contribution is 2.71. The van der Waals surface area contributed by atoms with Crippen molar-refractivity contribution < 1.29 is 58.0 Å². The first-order valence-corrected chi connectivity index (χ1v) is 19.0. The third-order valence-corrected chi connectivity index (χ3v) is 13.2. The van der Waals surface area contributed by atoms with Crippen LogP contribution in [0.5, 0.6) is 5.75 Å². The Kier molecular flexibility index (Phi) is 12.5. The number of fused-ring (bicyclic) bond motifs is 5. The minimum absolute atomic E-state index is 0.00840. The fourth-order valence-electron chi connectivity index (χ4n) is 9.57. The van der Waals surface area contributed by atoms with Crippen LogP contribution in [-0.4, -0.2) is 82.3 Å². The Bertz CT molecular complexity index is 1750. The van der Waals surface area contributed by atoms with Gasteiger partial charge >= 0.3 is 18.1 Å². The zero-order valence-electron chi connectivity index (χ0n) is 31.5. The van der Waals surface area contributed by atoms with E-state index >= 15 is 0 Å². The third kappa shape index (κ3) is 7.75. The van der Waals surface area contributed by atoms with E-state index in [0.717, 1.165) is 5.57 Å². The van der Waals surface area contributed by atoms with E-state index in [2.05, 4.69) is 4.84 Å². The largest absolute Gasteiger partial charge is 0.514 e. The average molecular weight is 789 g/mol. The number of aliphatic hydroxyl groups excluding tert-OH is 1. The summed E-state index contributed by atoms with van der Waals surface area (Å²) in [6, 6.07) is 5.12. The number of alkyl halides is 1. The summed E-state index contributed by atoms with van der Waals surface area (Å²) in [5.41, 5.74) is 3.82. The first-order chi connectivity index (χ1) is 25.9. The van der Waals surface area contributed by atoms with Gasteiger partial charge in [-0.3, -0.25) is 19.2 Å². The monoisotopic (exact) mass is 788 g/mol. The zero-order valence-corrected chi connectivity index (χ0v) is 32.2. The molecule has 0 heterocycles. The van der Waals surface area contributed by atoms with E-state index in [1.54, 1.807) is 25.1 Å². The van der Waals surface area contributed by atoms with Crippen molar-refractivity contribution in [3.63, 3.8) is 0 Å². The first kappa shape index (κ1) is 41.8. The van der Waals surface area contributed by atoms with Crippen molar-refractivity contribution in [3.05, 3.63) is 63.7 Å². The standard InChI is InChI=1S/C39H49ClN2O13/c1-5-33(46)55-39(23(2)18-29-28-13-10-25-20-26(43)14-15-36(25,3)38(28,40)31(44)21-37(29,39)4)32(45)22-52-35(48)54-27-11-8-24(9-12-27)19-30(41)34(47)51-16-6-7-17-53-42(49)50/h8-12,14-15,23,28-31,44H,5-7,13,16-22,41H2,1-4H3/t23-,28-,29-,30?,31-,36-,37-,38-,39-/m0/s1. The van der Waals surface area contributed by atoms with Crippen LogP contribution < -0.4 is 10.5 Å². The molecule has 0 amide bonds. The number of ketones is 2. The molecule has 55 heavy (non-hydrogen) atoms. The van der Waals surface area contributed by atoms with Gasteiger partial charge in [0.25, 0.3) is 5.09 Å². The van der Waals surface area contributed by atoms with E-state index in [1.807, 2.05) is 26.8 Å². The molecule has 3 N–H and O–H groups in total. The van der Waals surface area contributed by atoms with Crippen LogP contribution in [0.15, 0.2) is 48.1 Å². The van der Waals surface area contributed by atoms with Crippen LogP contribution in [0.4, 0.5) is 4.79 Å². The molecule has 2 fully saturated rings. The number of ether oxygens (including phenoxy) is 4. The second-order valence-electron chi connectivity index (χ2n) is 15.4. The molecule has 15 nitrogen and oxygen atoms in total. The van der Waals surface area contributed by atoms with Gasteiger partial charge in [0.1, 0.15) is 11.8 Å². The predicted octanol–water partition coefficient (Wildman–Crippen LogP) is 4.75. The highest BCUT2D eigenvalue weighted by Gasteiger charge is 2.76. The van der Waals surface area contributed by atoms with Crippen LogP contribution in [0, 0.1) is 38.7 Å². The van der Waals surface area contributed by atoms with Gasteiger partial charge in [-0.25, -0.2) is 4.79 Å². The lowest BCUT2D eigenvalue weighted by Gasteiger charge is -2.63. The van der Waals surface area contributed by atoms with E-state index in [4.69, 9.17) is 36.3 Å². The molecular weight excluding hydrogens is 740 g/mol. The number of hydrogen-bond donors (Lipinski definition) is 2. The van der Waals surface area contributed by atoms with Crippen LogP contribution in [0.25, 0.3) is 0 Å². The number of allylic oxidation sites excluding steroid dienone is 4. The maximum Gasteiger partial charge on any atom is 0.514 e. The highest BCUT2D eigenvalue weighted by molar-refractivity contribution is 6.26. The van der Waals surface area contributed by atoms with Crippen LogP contribution in [0.1, 0.15) is 78.2 Å². The second-order valence-corrected chi connectivity index (χ2v) is 16.0. The summed E-state index contributed by atoms with van der Waals surface area (Å²) in [6.07, 6.45) is 4.97.